The second-order valence-electron chi connectivity index (χ2n) is 9.25. The third-order valence-corrected chi connectivity index (χ3v) is 7.54. The van der Waals surface area contributed by atoms with E-state index in [-0.39, 0.29) is 17.9 Å². The number of hydrogen-bond acceptors (Lipinski definition) is 5. The van der Waals surface area contributed by atoms with Crippen molar-refractivity contribution in [1.29, 1.82) is 0 Å². The molecule has 1 aliphatic rings. The van der Waals surface area contributed by atoms with E-state index in [4.69, 9.17) is 0 Å². The fourth-order valence-corrected chi connectivity index (χ4v) is 5.59. The molecule has 1 fully saturated rings. The summed E-state index contributed by atoms with van der Waals surface area (Å²) >= 11 is 1.75. The van der Waals surface area contributed by atoms with Crippen LogP contribution >= 0.6 is 11.3 Å². The number of carbonyl (C=O) groups is 2. The van der Waals surface area contributed by atoms with E-state index in [2.05, 4.69) is 56.2 Å². The maximum absolute atomic E-state index is 12.8. The summed E-state index contributed by atoms with van der Waals surface area (Å²) in [5.41, 5.74) is 5.18. The average Bonchev–Trinajstić information content (AvgIpc) is 3.39. The van der Waals surface area contributed by atoms with Crippen molar-refractivity contribution in [1.82, 2.24) is 14.7 Å². The maximum Gasteiger partial charge on any atom is 0.253 e. The standard InChI is InChI=1S/C29H36N4O2S/c1-4-32(5-2)29(35)25-11-9-24(10-12-25)28(26-7-6-8-27(19-26)30-22(3)34)33-16-14-31(15-17-33)20-23-13-18-36-21-23/h6-13,18-19,21,28H,4-5,14-17,20H2,1-3H3,(H,30,34). The number of anilines is 1. The molecule has 7 heteroatoms. The van der Waals surface area contributed by atoms with Crippen molar-refractivity contribution in [2.45, 2.75) is 33.4 Å². The molecule has 0 bridgehead atoms. The Bertz CT molecular complexity index is 1130. The van der Waals surface area contributed by atoms with Gasteiger partial charge in [0.15, 0.2) is 0 Å². The zero-order valence-corrected chi connectivity index (χ0v) is 22.3. The first-order chi connectivity index (χ1) is 17.5. The van der Waals surface area contributed by atoms with Gasteiger partial charge in [0, 0.05) is 64.0 Å². The largest absolute Gasteiger partial charge is 0.339 e. The molecule has 6 nitrogen and oxygen atoms in total. The van der Waals surface area contributed by atoms with Gasteiger partial charge in [-0.25, -0.2) is 0 Å². The lowest BCUT2D eigenvalue weighted by Crippen LogP contribution is -2.47. The van der Waals surface area contributed by atoms with Gasteiger partial charge in [0.2, 0.25) is 5.91 Å². The number of nitrogens with one attached hydrogen (secondary N) is 1. The minimum atomic E-state index is -0.0787. The molecule has 2 amide bonds. The summed E-state index contributed by atoms with van der Waals surface area (Å²) in [5, 5.41) is 7.28. The highest BCUT2D eigenvalue weighted by atomic mass is 32.1. The van der Waals surface area contributed by atoms with E-state index in [1.54, 1.807) is 11.3 Å². The Balaban J connectivity index is 1.58. The van der Waals surface area contributed by atoms with Gasteiger partial charge in [0.25, 0.3) is 5.91 Å². The Kier molecular flexibility index (Phi) is 8.91. The molecule has 1 unspecified atom stereocenters. The first-order valence-electron chi connectivity index (χ1n) is 12.7. The monoisotopic (exact) mass is 504 g/mol. The molecule has 2 heterocycles. The summed E-state index contributed by atoms with van der Waals surface area (Å²) in [6.45, 7) is 11.8. The highest BCUT2D eigenvalue weighted by Crippen LogP contribution is 2.32. The zero-order valence-electron chi connectivity index (χ0n) is 21.4. The molecular weight excluding hydrogens is 468 g/mol. The van der Waals surface area contributed by atoms with Crippen LogP contribution in [0.2, 0.25) is 0 Å². The normalized spacial score (nSPS) is 15.4. The van der Waals surface area contributed by atoms with Gasteiger partial charge in [-0.3, -0.25) is 19.4 Å². The van der Waals surface area contributed by atoms with Gasteiger partial charge in [0.1, 0.15) is 0 Å². The fourth-order valence-electron chi connectivity index (χ4n) is 4.93. The summed E-state index contributed by atoms with van der Waals surface area (Å²) in [5.74, 6) is -0.0113. The Morgan fingerprint density at radius 2 is 1.69 bits per heavy atom. The van der Waals surface area contributed by atoms with Crippen LogP contribution in [-0.4, -0.2) is 65.8 Å². The second kappa shape index (κ2) is 12.3. The molecule has 1 aliphatic heterocycles. The number of amides is 2. The van der Waals surface area contributed by atoms with Crippen LogP contribution in [0.1, 0.15) is 53.9 Å². The number of thiophene rings is 1. The predicted octanol–water partition coefficient (Wildman–Crippen LogP) is 5.10. The number of rotatable bonds is 9. The van der Waals surface area contributed by atoms with Crippen LogP contribution < -0.4 is 5.32 Å². The molecule has 3 aromatic rings. The van der Waals surface area contributed by atoms with Gasteiger partial charge in [-0.1, -0.05) is 24.3 Å². The number of piperazine rings is 1. The molecule has 0 aliphatic carbocycles. The minimum absolute atomic E-state index is 0.0413. The predicted molar refractivity (Wildman–Crippen MR) is 147 cm³/mol. The first-order valence-corrected chi connectivity index (χ1v) is 13.7. The lowest BCUT2D eigenvalue weighted by atomic mass is 9.94. The highest BCUT2D eigenvalue weighted by Gasteiger charge is 2.27. The number of benzene rings is 2. The molecule has 0 spiro atoms. The van der Waals surface area contributed by atoms with E-state index in [1.807, 2.05) is 43.0 Å². The molecule has 1 atom stereocenters. The van der Waals surface area contributed by atoms with Gasteiger partial charge >= 0.3 is 0 Å². The van der Waals surface area contributed by atoms with Gasteiger partial charge in [-0.05, 0) is 71.6 Å². The molecule has 0 saturated carbocycles. The Morgan fingerprint density at radius 3 is 2.31 bits per heavy atom. The summed E-state index contributed by atoms with van der Waals surface area (Å²) in [4.78, 5) is 31.4. The summed E-state index contributed by atoms with van der Waals surface area (Å²) in [7, 11) is 0. The van der Waals surface area contributed by atoms with Crippen molar-refractivity contribution in [3.8, 4) is 0 Å². The van der Waals surface area contributed by atoms with Crippen LogP contribution in [0, 0.1) is 0 Å². The lowest BCUT2D eigenvalue weighted by molar-refractivity contribution is -0.114. The van der Waals surface area contributed by atoms with E-state index < -0.39 is 0 Å². The Hall–Kier alpha value is -3.00. The van der Waals surface area contributed by atoms with Gasteiger partial charge in [-0.2, -0.15) is 11.3 Å². The molecule has 190 valence electrons. The number of nitrogens with zero attached hydrogens (tertiary/aromatic N) is 3. The molecule has 36 heavy (non-hydrogen) atoms. The van der Waals surface area contributed by atoms with E-state index in [0.717, 1.165) is 49.5 Å². The minimum Gasteiger partial charge on any atom is -0.339 e. The molecular formula is C29H36N4O2S. The average molecular weight is 505 g/mol. The second-order valence-corrected chi connectivity index (χ2v) is 10.0. The van der Waals surface area contributed by atoms with Gasteiger partial charge in [-0.15, -0.1) is 0 Å². The lowest BCUT2D eigenvalue weighted by Gasteiger charge is -2.40. The molecule has 1 N–H and O–H groups in total. The van der Waals surface area contributed by atoms with E-state index >= 15 is 0 Å². The Labute approximate surface area is 218 Å². The summed E-state index contributed by atoms with van der Waals surface area (Å²) in [6.07, 6.45) is 0. The van der Waals surface area contributed by atoms with Crippen LogP contribution in [0.4, 0.5) is 5.69 Å². The van der Waals surface area contributed by atoms with Crippen molar-refractivity contribution in [2.75, 3.05) is 44.6 Å². The summed E-state index contributed by atoms with van der Waals surface area (Å²) in [6, 6.07) is 18.4. The van der Waals surface area contributed by atoms with Crippen LogP contribution in [0.3, 0.4) is 0 Å². The molecule has 1 aromatic heterocycles. The van der Waals surface area contributed by atoms with E-state index in [0.29, 0.717) is 18.7 Å². The summed E-state index contributed by atoms with van der Waals surface area (Å²) < 4.78 is 0. The van der Waals surface area contributed by atoms with Gasteiger partial charge in [0.05, 0.1) is 6.04 Å². The van der Waals surface area contributed by atoms with Crippen molar-refractivity contribution in [2.24, 2.45) is 0 Å². The van der Waals surface area contributed by atoms with Crippen molar-refractivity contribution < 1.29 is 9.59 Å². The highest BCUT2D eigenvalue weighted by molar-refractivity contribution is 7.07. The molecule has 1 saturated heterocycles. The fraction of sp³-hybridized carbons (Fsp3) is 0.379. The zero-order chi connectivity index (χ0) is 25.5. The van der Waals surface area contributed by atoms with Crippen LogP contribution in [0.25, 0.3) is 0 Å². The molecule has 0 radical (unpaired) electrons. The third kappa shape index (κ3) is 6.40. The third-order valence-electron chi connectivity index (χ3n) is 6.81. The Morgan fingerprint density at radius 1 is 0.972 bits per heavy atom. The van der Waals surface area contributed by atoms with Crippen molar-refractivity contribution in [3.05, 3.63) is 87.6 Å². The number of carbonyl (C=O) groups excluding carboxylic acids is 2. The van der Waals surface area contributed by atoms with Gasteiger partial charge < -0.3 is 10.2 Å². The van der Waals surface area contributed by atoms with Crippen LogP contribution in [0.15, 0.2) is 65.4 Å². The van der Waals surface area contributed by atoms with Crippen molar-refractivity contribution in [3.63, 3.8) is 0 Å². The SMILES string of the molecule is CCN(CC)C(=O)c1ccc(C(c2cccc(NC(C)=O)c2)N2CCN(Cc3ccsc3)CC2)cc1. The number of hydrogen-bond donors (Lipinski definition) is 1. The van der Waals surface area contributed by atoms with Crippen LogP contribution in [-0.2, 0) is 11.3 Å². The maximum atomic E-state index is 12.8. The van der Waals surface area contributed by atoms with E-state index in [1.165, 1.54) is 12.5 Å². The smallest absolute Gasteiger partial charge is 0.253 e. The quantitative estimate of drug-likeness (QED) is 0.441. The van der Waals surface area contributed by atoms with Crippen molar-refractivity contribution >= 4 is 28.8 Å². The van der Waals surface area contributed by atoms with E-state index in [9.17, 15) is 9.59 Å². The topological polar surface area (TPSA) is 55.9 Å². The molecule has 4 rings (SSSR count). The first kappa shape index (κ1) is 26.1. The van der Waals surface area contributed by atoms with Crippen LogP contribution in [0.5, 0.6) is 0 Å². The molecule has 2 aromatic carbocycles.